The van der Waals surface area contributed by atoms with Crippen molar-refractivity contribution in [3.63, 3.8) is 0 Å². The monoisotopic (exact) mass is 461 g/mol. The van der Waals surface area contributed by atoms with Crippen molar-refractivity contribution in [3.05, 3.63) is 67.5 Å². The zero-order valence-corrected chi connectivity index (χ0v) is 16.1. The molecule has 0 unspecified atom stereocenters. The smallest absolute Gasteiger partial charge is 0.172 e. The van der Waals surface area contributed by atoms with Crippen molar-refractivity contribution >= 4 is 18.4 Å². The fourth-order valence-electron chi connectivity index (χ4n) is 0.321. The molecule has 101 valence electrons. The van der Waals surface area contributed by atoms with Crippen molar-refractivity contribution < 1.29 is 42.4 Å². The quantitative estimate of drug-likeness (QED) is 0.436. The molecule has 0 atom stereocenters. The minimum atomic E-state index is -0.889. The van der Waals surface area contributed by atoms with Gasteiger partial charge in [-0.05, 0) is 0 Å². The van der Waals surface area contributed by atoms with Crippen LogP contribution in [0.5, 0.6) is 0 Å². The van der Waals surface area contributed by atoms with Gasteiger partial charge in [0.25, 0.3) is 0 Å². The zero-order valence-electron chi connectivity index (χ0n) is 9.85. The second-order valence-corrected chi connectivity index (χ2v) is 5.67. The Hall–Kier alpha value is 1.25. The maximum Gasteiger partial charge on any atom is -0.172 e. The number of rotatable bonds is 0. The molecule has 0 saturated heterocycles. The predicted molar refractivity (Wildman–Crippen MR) is 65.8 cm³/mol. The Morgan fingerprint density at radius 3 is 1.00 bits per heavy atom. The topological polar surface area (TPSA) is 0 Å². The minimum Gasteiger partial charge on any atom is -0.214 e. The van der Waals surface area contributed by atoms with Crippen LogP contribution < -0.4 is 24.8 Å². The maximum absolute atomic E-state index is 4.94. The van der Waals surface area contributed by atoms with Crippen LogP contribution >= 0.6 is 18.4 Å². The molecule has 0 aliphatic rings. The van der Waals surface area contributed by atoms with E-state index < -0.39 is 17.6 Å². The first kappa shape index (κ1) is 55.5. The van der Waals surface area contributed by atoms with Gasteiger partial charge in [-0.3, -0.25) is 0 Å². The molecule has 0 amide bonds. The summed E-state index contributed by atoms with van der Waals surface area (Å²) in [5, 5.41) is 0. The summed E-state index contributed by atoms with van der Waals surface area (Å²) in [4.78, 5) is 0. The van der Waals surface area contributed by atoms with Crippen molar-refractivity contribution in [3.8, 4) is 0 Å². The van der Waals surface area contributed by atoms with E-state index in [4.69, 9.17) is 18.4 Å². The van der Waals surface area contributed by atoms with E-state index in [0.717, 1.165) is 0 Å². The van der Waals surface area contributed by atoms with Crippen LogP contribution in [-0.4, -0.2) is 0 Å². The van der Waals surface area contributed by atoms with Crippen molar-refractivity contribution in [2.24, 2.45) is 0 Å². The Balaban J connectivity index is -0.00000000778. The third-order valence-electron chi connectivity index (χ3n) is 0.556. The van der Waals surface area contributed by atoms with Crippen LogP contribution in [0.4, 0.5) is 0 Å². The molecular weight excluding hydrogens is 443 g/mol. The fraction of sp³-hybridized carbons (Fsp3) is 0. The summed E-state index contributed by atoms with van der Waals surface area (Å²) in [6.07, 6.45) is 0. The fourth-order valence-corrected chi connectivity index (χ4v) is 0.321. The van der Waals surface area contributed by atoms with E-state index in [1.807, 2.05) is 30.3 Å². The van der Waals surface area contributed by atoms with Gasteiger partial charge in [0.2, 0.25) is 0 Å². The van der Waals surface area contributed by atoms with Gasteiger partial charge in [-0.25, -0.2) is 12.1 Å². The number of hydrogen-bond acceptors (Lipinski definition) is 0. The van der Waals surface area contributed by atoms with E-state index in [2.05, 4.69) is 0 Å². The summed E-state index contributed by atoms with van der Waals surface area (Å²) in [5.41, 5.74) is 0. The summed E-state index contributed by atoms with van der Waals surface area (Å²) >= 11 is -0.889. The van der Waals surface area contributed by atoms with E-state index in [1.54, 1.807) is 0 Å². The van der Waals surface area contributed by atoms with Crippen molar-refractivity contribution in [2.75, 3.05) is 0 Å². The molecule has 1 rings (SSSR count). The van der Waals surface area contributed by atoms with Gasteiger partial charge in [0, 0.05) is 0 Å². The molecule has 0 spiro atoms. The molecule has 15 heavy (non-hydrogen) atoms. The average molecular weight is 463 g/mol. The molecular formula is C10H20Cl4Ta-8. The van der Waals surface area contributed by atoms with Crippen LogP contribution in [0.2, 0.25) is 0 Å². The van der Waals surface area contributed by atoms with E-state index in [9.17, 15) is 0 Å². The molecule has 0 nitrogen and oxygen atoms in total. The van der Waals surface area contributed by atoms with Crippen molar-refractivity contribution in [1.82, 2.24) is 0 Å². The molecule has 0 aliphatic carbocycles. The Morgan fingerprint density at radius 1 is 0.733 bits per heavy atom. The van der Waals surface area contributed by atoms with Gasteiger partial charge < -0.3 is 61.9 Å². The third-order valence-corrected chi connectivity index (χ3v) is 0.556. The molecule has 1 aromatic carbocycles. The van der Waals surface area contributed by atoms with Gasteiger partial charge in [-0.1, -0.05) is 0 Å². The maximum atomic E-state index is 4.94. The van der Waals surface area contributed by atoms with Gasteiger partial charge in [0.15, 0.2) is 0 Å². The first-order valence-electron chi connectivity index (χ1n) is 2.00. The van der Waals surface area contributed by atoms with E-state index in [0.29, 0.717) is 0 Å². The largest absolute Gasteiger partial charge is 0.214 e. The van der Waals surface area contributed by atoms with Crippen LogP contribution in [0.15, 0.2) is 30.3 Å². The first-order chi connectivity index (χ1) is 3.91. The summed E-state index contributed by atoms with van der Waals surface area (Å²) in [7, 11) is 9.89. The minimum absolute atomic E-state index is 0. The molecule has 0 fully saturated rings. The number of hydrogen-bond donors (Lipinski definition) is 0. The predicted octanol–water partition coefficient (Wildman–Crippen LogP) is -0.959. The molecule has 1 aromatic rings. The molecule has 5 heteroatoms. The van der Waals surface area contributed by atoms with Crippen molar-refractivity contribution in [1.29, 1.82) is 0 Å². The molecule has 0 saturated carbocycles. The third kappa shape index (κ3) is 68.5. The Bertz CT molecular complexity index is 84.3. The number of halogens is 4. The average Bonchev–Trinajstić information content (AvgIpc) is 2.17. The molecule has 0 bridgehead atoms. The SMILES string of the molecule is [CH3-].[CH3-].[CH3-].[CH3-].[CH3-].[Cl-].[Cl-].[Cl][Ta][Cl].c1cc[cH-]c1. The van der Waals surface area contributed by atoms with Crippen LogP contribution in [0.25, 0.3) is 0 Å². The standard InChI is InChI=1S/C5H5.5CH3.4ClH.Ta/c1-2-4-5-3-1;;;;;;;;;;/h1-5H;5*1H3;4*1H;/q6*-1;;;;;+2/p-4. The molecule has 0 heterocycles. The molecule has 0 radical (unpaired) electrons. The second kappa shape index (κ2) is 58.9. The summed E-state index contributed by atoms with van der Waals surface area (Å²) in [6.45, 7) is 0. The van der Waals surface area contributed by atoms with Gasteiger partial charge in [0.1, 0.15) is 0 Å². The van der Waals surface area contributed by atoms with Crippen LogP contribution in [-0.2, 0) is 17.6 Å². The summed E-state index contributed by atoms with van der Waals surface area (Å²) in [6, 6.07) is 10.0. The molecule has 0 aliphatic heterocycles. The van der Waals surface area contributed by atoms with E-state index in [1.165, 1.54) is 0 Å². The summed E-state index contributed by atoms with van der Waals surface area (Å²) in [5.74, 6) is 0. The van der Waals surface area contributed by atoms with Crippen LogP contribution in [0.3, 0.4) is 0 Å². The Morgan fingerprint density at radius 2 is 0.933 bits per heavy atom. The van der Waals surface area contributed by atoms with Gasteiger partial charge in [0.05, 0.1) is 0 Å². The van der Waals surface area contributed by atoms with Gasteiger partial charge in [-0.15, -0.1) is 0 Å². The summed E-state index contributed by atoms with van der Waals surface area (Å²) < 4.78 is 0. The Kier molecular flexibility index (Phi) is 218. The van der Waals surface area contributed by atoms with Crippen molar-refractivity contribution in [2.45, 2.75) is 0 Å². The van der Waals surface area contributed by atoms with Crippen LogP contribution in [0, 0.1) is 37.1 Å². The van der Waals surface area contributed by atoms with E-state index in [-0.39, 0.29) is 61.9 Å². The normalized spacial score (nSPS) is 3.60. The van der Waals surface area contributed by atoms with E-state index >= 15 is 0 Å². The van der Waals surface area contributed by atoms with Crippen LogP contribution in [0.1, 0.15) is 0 Å². The van der Waals surface area contributed by atoms with Gasteiger partial charge in [-0.2, -0.15) is 18.2 Å². The molecule has 0 aromatic heterocycles. The Labute approximate surface area is 127 Å². The molecule has 0 N–H and O–H groups in total. The first-order valence-corrected chi connectivity index (χ1v) is 9.97. The zero-order chi connectivity index (χ0) is 6.24. The second-order valence-electron chi connectivity index (χ2n) is 1.03. The van der Waals surface area contributed by atoms with Gasteiger partial charge >= 0.3 is 36.0 Å².